The lowest BCUT2D eigenvalue weighted by molar-refractivity contribution is -0.138. The molecule has 3 N–H and O–H groups in total. The maximum atomic E-state index is 12.4. The van der Waals surface area contributed by atoms with Gasteiger partial charge in [-0.05, 0) is 11.6 Å². The van der Waals surface area contributed by atoms with Gasteiger partial charge in [0.2, 0.25) is 0 Å². The first-order chi connectivity index (χ1) is 6.41. The molecule has 76 valence electrons. The fourth-order valence-corrected chi connectivity index (χ4v) is 1.16. The zero-order valence-electron chi connectivity index (χ0n) is 7.23. The highest BCUT2D eigenvalue weighted by Crippen LogP contribution is 2.31. The minimum atomic E-state index is -4.38. The van der Waals surface area contributed by atoms with Gasteiger partial charge in [0.25, 0.3) is 0 Å². The van der Waals surface area contributed by atoms with Crippen LogP contribution in [0.15, 0.2) is 24.3 Å². The van der Waals surface area contributed by atoms with Crippen LogP contribution in [0.5, 0.6) is 0 Å². The monoisotopic (exact) mass is 202 g/mol. The Kier molecular flexibility index (Phi) is 2.78. The van der Waals surface area contributed by atoms with Gasteiger partial charge in [-0.3, -0.25) is 5.41 Å². The molecule has 0 atom stereocenters. The lowest BCUT2D eigenvalue weighted by Gasteiger charge is -2.11. The summed E-state index contributed by atoms with van der Waals surface area (Å²) >= 11 is 0. The van der Waals surface area contributed by atoms with E-state index >= 15 is 0 Å². The van der Waals surface area contributed by atoms with Crippen molar-refractivity contribution in [3.63, 3.8) is 0 Å². The smallest absolute Gasteiger partial charge is 0.387 e. The van der Waals surface area contributed by atoms with E-state index in [9.17, 15) is 13.2 Å². The minimum Gasteiger partial charge on any atom is -0.387 e. The van der Waals surface area contributed by atoms with Crippen LogP contribution < -0.4 is 5.73 Å². The number of nitrogens with one attached hydrogen (secondary N) is 1. The zero-order chi connectivity index (χ0) is 10.8. The molecule has 14 heavy (non-hydrogen) atoms. The molecule has 0 aromatic heterocycles. The van der Waals surface area contributed by atoms with Crippen LogP contribution in [0.3, 0.4) is 0 Å². The molecule has 0 bridgehead atoms. The van der Waals surface area contributed by atoms with E-state index in [1.165, 1.54) is 18.2 Å². The Morgan fingerprint density at radius 3 is 2.36 bits per heavy atom. The van der Waals surface area contributed by atoms with Crippen molar-refractivity contribution in [1.29, 1.82) is 5.41 Å². The summed E-state index contributed by atoms with van der Waals surface area (Å²) in [7, 11) is 0. The summed E-state index contributed by atoms with van der Waals surface area (Å²) in [6.07, 6.45) is -4.55. The minimum absolute atomic E-state index is 0.0347. The van der Waals surface area contributed by atoms with Crippen LogP contribution in [0.25, 0.3) is 0 Å². The van der Waals surface area contributed by atoms with Crippen molar-refractivity contribution in [2.45, 2.75) is 12.6 Å². The van der Waals surface area contributed by atoms with Gasteiger partial charge in [0.05, 0.1) is 11.4 Å². The van der Waals surface area contributed by atoms with Crippen molar-refractivity contribution in [2.24, 2.45) is 5.73 Å². The molecule has 0 amide bonds. The second-order valence-corrected chi connectivity index (χ2v) is 2.86. The summed E-state index contributed by atoms with van der Waals surface area (Å²) in [6, 6.07) is 5.11. The van der Waals surface area contributed by atoms with Gasteiger partial charge in [-0.25, -0.2) is 0 Å². The topological polar surface area (TPSA) is 49.9 Å². The predicted octanol–water partition coefficient (Wildman–Crippen LogP) is 2.18. The molecule has 1 aromatic rings. The van der Waals surface area contributed by atoms with Gasteiger partial charge in [-0.15, -0.1) is 0 Å². The van der Waals surface area contributed by atoms with Gasteiger partial charge in [0.15, 0.2) is 0 Å². The van der Waals surface area contributed by atoms with Gasteiger partial charge in [-0.1, -0.05) is 18.2 Å². The quantitative estimate of drug-likeness (QED) is 0.560. The second-order valence-electron chi connectivity index (χ2n) is 2.86. The molecule has 0 heterocycles. The molecular weight excluding hydrogens is 193 g/mol. The average molecular weight is 202 g/mol. The van der Waals surface area contributed by atoms with Crippen molar-refractivity contribution >= 4 is 5.84 Å². The van der Waals surface area contributed by atoms with E-state index in [1.54, 1.807) is 0 Å². The summed E-state index contributed by atoms with van der Waals surface area (Å²) in [4.78, 5) is 0. The maximum Gasteiger partial charge on any atom is 0.416 e. The molecule has 0 saturated carbocycles. The van der Waals surface area contributed by atoms with Crippen LogP contribution >= 0.6 is 0 Å². The fourth-order valence-electron chi connectivity index (χ4n) is 1.16. The van der Waals surface area contributed by atoms with Crippen LogP contribution in [0.4, 0.5) is 13.2 Å². The van der Waals surface area contributed by atoms with E-state index in [1.807, 2.05) is 0 Å². The van der Waals surface area contributed by atoms with Gasteiger partial charge >= 0.3 is 6.18 Å². The van der Waals surface area contributed by atoms with Crippen molar-refractivity contribution in [1.82, 2.24) is 0 Å². The molecule has 0 fully saturated rings. The molecule has 0 saturated heterocycles. The highest BCUT2D eigenvalue weighted by molar-refractivity contribution is 5.79. The summed E-state index contributed by atoms with van der Waals surface area (Å²) in [5.41, 5.74) is 4.36. The average Bonchev–Trinajstić information content (AvgIpc) is 2.01. The van der Waals surface area contributed by atoms with Crippen molar-refractivity contribution in [3.05, 3.63) is 35.4 Å². The Bertz CT molecular complexity index is 344. The van der Waals surface area contributed by atoms with E-state index in [0.29, 0.717) is 0 Å². The lowest BCUT2D eigenvalue weighted by atomic mass is 10.0. The van der Waals surface area contributed by atoms with Crippen molar-refractivity contribution < 1.29 is 13.2 Å². The standard InChI is InChI=1S/C9H9F3N2/c10-9(11,12)7-4-2-1-3-6(7)5-8(13)14/h1-4H,5H2,(H3,13,14). The van der Waals surface area contributed by atoms with Crippen LogP contribution in [-0.4, -0.2) is 5.84 Å². The molecule has 0 unspecified atom stereocenters. The van der Waals surface area contributed by atoms with Crippen LogP contribution in [0.2, 0.25) is 0 Å². The molecule has 2 nitrogen and oxygen atoms in total. The third-order valence-electron chi connectivity index (χ3n) is 1.70. The van der Waals surface area contributed by atoms with Crippen LogP contribution in [0, 0.1) is 5.41 Å². The lowest BCUT2D eigenvalue weighted by Crippen LogP contribution is -2.17. The van der Waals surface area contributed by atoms with E-state index < -0.39 is 11.7 Å². The number of benzene rings is 1. The largest absolute Gasteiger partial charge is 0.416 e. The second kappa shape index (κ2) is 3.69. The van der Waals surface area contributed by atoms with E-state index in [0.717, 1.165) is 6.07 Å². The van der Waals surface area contributed by atoms with E-state index in [-0.39, 0.29) is 17.8 Å². The highest BCUT2D eigenvalue weighted by atomic mass is 19.4. The Morgan fingerprint density at radius 1 is 1.29 bits per heavy atom. The molecule has 0 radical (unpaired) electrons. The Morgan fingerprint density at radius 2 is 1.86 bits per heavy atom. The Balaban J connectivity index is 3.10. The molecule has 0 aliphatic carbocycles. The van der Waals surface area contributed by atoms with E-state index in [2.05, 4.69) is 0 Å². The third kappa shape index (κ3) is 2.48. The molecular formula is C9H9F3N2. The summed E-state index contributed by atoms with van der Waals surface area (Å²) in [5.74, 6) is -0.276. The number of alkyl halides is 3. The molecule has 5 heteroatoms. The number of amidine groups is 1. The third-order valence-corrected chi connectivity index (χ3v) is 1.70. The van der Waals surface area contributed by atoms with Crippen LogP contribution in [-0.2, 0) is 12.6 Å². The van der Waals surface area contributed by atoms with Gasteiger partial charge < -0.3 is 5.73 Å². The first kappa shape index (κ1) is 10.6. The van der Waals surface area contributed by atoms with Gasteiger partial charge in [0.1, 0.15) is 0 Å². The molecule has 0 spiro atoms. The Labute approximate surface area is 79.0 Å². The molecule has 1 aromatic carbocycles. The SMILES string of the molecule is N=C(N)Cc1ccccc1C(F)(F)F. The maximum absolute atomic E-state index is 12.4. The molecule has 1 rings (SSSR count). The zero-order valence-corrected chi connectivity index (χ0v) is 7.23. The van der Waals surface area contributed by atoms with Gasteiger partial charge in [-0.2, -0.15) is 13.2 Å². The molecule has 0 aliphatic heterocycles. The highest BCUT2D eigenvalue weighted by Gasteiger charge is 2.32. The van der Waals surface area contributed by atoms with E-state index in [4.69, 9.17) is 11.1 Å². The summed E-state index contributed by atoms with van der Waals surface area (Å²) < 4.78 is 37.2. The predicted molar refractivity (Wildman–Crippen MR) is 47.1 cm³/mol. The number of rotatable bonds is 2. The number of nitrogens with two attached hydrogens (primary N) is 1. The normalized spacial score (nSPS) is 11.4. The Hall–Kier alpha value is -1.52. The summed E-state index contributed by atoms with van der Waals surface area (Å²) in [5, 5.41) is 6.94. The number of hydrogen-bond donors (Lipinski definition) is 2. The van der Waals surface area contributed by atoms with Gasteiger partial charge in [0, 0.05) is 6.42 Å². The summed E-state index contributed by atoms with van der Waals surface area (Å²) in [6.45, 7) is 0. The van der Waals surface area contributed by atoms with Crippen molar-refractivity contribution in [3.8, 4) is 0 Å². The first-order valence-electron chi connectivity index (χ1n) is 3.89. The molecule has 0 aliphatic rings. The van der Waals surface area contributed by atoms with Crippen molar-refractivity contribution in [2.75, 3.05) is 0 Å². The fraction of sp³-hybridized carbons (Fsp3) is 0.222. The van der Waals surface area contributed by atoms with Crippen LogP contribution in [0.1, 0.15) is 11.1 Å². The number of halogens is 3. The number of hydrogen-bond acceptors (Lipinski definition) is 1. The first-order valence-corrected chi connectivity index (χ1v) is 3.89.